The van der Waals surface area contributed by atoms with Crippen LogP contribution in [0.2, 0.25) is 0 Å². The highest BCUT2D eigenvalue weighted by Crippen LogP contribution is 2.33. The van der Waals surface area contributed by atoms with Gasteiger partial charge in [0, 0.05) is 12.2 Å². The summed E-state index contributed by atoms with van der Waals surface area (Å²) in [7, 11) is 0. The second kappa shape index (κ2) is 10.6. The fraction of sp³-hybridized carbons (Fsp3) is 0.556. The van der Waals surface area contributed by atoms with Gasteiger partial charge < -0.3 is 31.7 Å². The van der Waals surface area contributed by atoms with E-state index in [0.29, 0.717) is 42.1 Å². The van der Waals surface area contributed by atoms with Crippen LogP contribution in [0.3, 0.4) is 0 Å². The monoisotopic (exact) mass is 435 g/mol. The molecule has 1 aliphatic rings. The van der Waals surface area contributed by atoms with Crippen LogP contribution in [0.4, 0.5) is 5.82 Å². The summed E-state index contributed by atoms with van der Waals surface area (Å²) in [6.45, 7) is 0.769. The number of aliphatic hydroxyl groups is 2. The van der Waals surface area contributed by atoms with Gasteiger partial charge in [0.1, 0.15) is 24.1 Å². The number of amides is 1. The molecule has 2 aromatic rings. The third-order valence-electron chi connectivity index (χ3n) is 4.56. The number of aromatic nitrogens is 4. The van der Waals surface area contributed by atoms with Gasteiger partial charge in [-0.3, -0.25) is 9.36 Å². The Hall–Kier alpha value is -2.43. The molecule has 1 aliphatic heterocycles. The molecular weight excluding hydrogens is 410 g/mol. The van der Waals surface area contributed by atoms with Crippen molar-refractivity contribution in [1.82, 2.24) is 24.8 Å². The molecule has 3 heterocycles. The smallest absolute Gasteiger partial charge is 0.220 e. The molecule has 0 spiro atoms. The van der Waals surface area contributed by atoms with Gasteiger partial charge in [-0.15, -0.1) is 11.8 Å². The summed E-state index contributed by atoms with van der Waals surface area (Å²) >= 11 is 1.46. The number of anilines is 1. The van der Waals surface area contributed by atoms with Crippen LogP contribution in [0, 0.1) is 11.8 Å². The predicted molar refractivity (Wildman–Crippen MR) is 112 cm³/mol. The molecular formula is C18H25N7O4S. The van der Waals surface area contributed by atoms with Crippen LogP contribution in [0.15, 0.2) is 12.7 Å². The van der Waals surface area contributed by atoms with Crippen molar-refractivity contribution in [3.05, 3.63) is 12.7 Å². The maximum atomic E-state index is 11.4. The first-order valence-corrected chi connectivity index (χ1v) is 10.6. The van der Waals surface area contributed by atoms with Crippen LogP contribution in [-0.4, -0.2) is 78.5 Å². The van der Waals surface area contributed by atoms with Crippen LogP contribution < -0.4 is 16.8 Å². The predicted octanol–water partition coefficient (Wildman–Crippen LogP) is -1.38. The number of nitrogens with zero attached hydrogens (tertiary/aromatic N) is 4. The van der Waals surface area contributed by atoms with Gasteiger partial charge in [0.2, 0.25) is 5.91 Å². The van der Waals surface area contributed by atoms with Crippen LogP contribution in [0.25, 0.3) is 11.2 Å². The molecule has 1 saturated heterocycles. The number of carbonyl (C=O) groups excluding carboxylic acids is 1. The Morgan fingerprint density at radius 3 is 2.93 bits per heavy atom. The average Bonchev–Trinajstić information content (AvgIpc) is 3.28. The number of hydrogen-bond donors (Lipinski definition) is 5. The lowest BCUT2D eigenvalue weighted by atomic mass is 10.1. The number of nitrogens with one attached hydrogen (secondary N) is 1. The molecule has 162 valence electrons. The fourth-order valence-electron chi connectivity index (χ4n) is 2.99. The standard InChI is InChI=1S/C18H25N7O4S/c19-5-3-4-12(26)21-6-1-2-7-30-8-11-14(27)15(28)18(29-11)25-10-24-13-16(20)22-9-23-17(13)25/h9-11,14-15,18,27-28H,3-8,19H2,(H,21,26)(H2,20,22,23)/t11-,14-,15-,18-/m1/s1. The van der Waals surface area contributed by atoms with E-state index in [-0.39, 0.29) is 18.3 Å². The molecule has 30 heavy (non-hydrogen) atoms. The lowest BCUT2D eigenvalue weighted by Crippen LogP contribution is -2.32. The average molecular weight is 436 g/mol. The summed E-state index contributed by atoms with van der Waals surface area (Å²) in [6.07, 6.45) is 0.204. The van der Waals surface area contributed by atoms with Gasteiger partial charge in [-0.05, 0) is 13.0 Å². The van der Waals surface area contributed by atoms with E-state index < -0.39 is 24.5 Å². The SMILES string of the molecule is NCCCC(=O)NCC#CCSC[C@H]1O[C@@H](n2cnc3c(N)ncnc32)[C@H](O)[C@@H]1O. The van der Waals surface area contributed by atoms with E-state index in [9.17, 15) is 15.0 Å². The lowest BCUT2D eigenvalue weighted by Gasteiger charge is -2.16. The highest BCUT2D eigenvalue weighted by atomic mass is 32.2. The Bertz CT molecular complexity index is 928. The number of ether oxygens (including phenoxy) is 1. The van der Waals surface area contributed by atoms with E-state index in [2.05, 4.69) is 32.1 Å². The van der Waals surface area contributed by atoms with Crippen molar-refractivity contribution in [2.45, 2.75) is 37.4 Å². The Morgan fingerprint density at radius 1 is 1.30 bits per heavy atom. The maximum Gasteiger partial charge on any atom is 0.220 e. The molecule has 1 amide bonds. The summed E-state index contributed by atoms with van der Waals surface area (Å²) in [5.74, 6) is 6.92. The van der Waals surface area contributed by atoms with Gasteiger partial charge in [0.25, 0.3) is 0 Å². The van der Waals surface area contributed by atoms with Gasteiger partial charge in [-0.1, -0.05) is 11.8 Å². The second-order valence-electron chi connectivity index (χ2n) is 6.67. The molecule has 0 saturated carbocycles. The number of nitrogens with two attached hydrogens (primary N) is 2. The van der Waals surface area contributed by atoms with Gasteiger partial charge in [-0.2, -0.15) is 0 Å². The first-order valence-electron chi connectivity index (χ1n) is 9.47. The molecule has 2 aromatic heterocycles. The van der Waals surface area contributed by atoms with Gasteiger partial charge >= 0.3 is 0 Å². The fourth-order valence-corrected chi connectivity index (χ4v) is 3.82. The number of aliphatic hydroxyl groups excluding tert-OH is 2. The molecule has 0 bridgehead atoms. The minimum Gasteiger partial charge on any atom is -0.387 e. The van der Waals surface area contributed by atoms with Gasteiger partial charge in [0.15, 0.2) is 17.7 Å². The molecule has 12 heteroatoms. The summed E-state index contributed by atoms with van der Waals surface area (Å²) in [4.78, 5) is 23.6. The zero-order chi connectivity index (χ0) is 21.5. The zero-order valence-corrected chi connectivity index (χ0v) is 17.1. The first kappa shape index (κ1) is 22.3. The summed E-state index contributed by atoms with van der Waals surface area (Å²) in [5.41, 5.74) is 12.0. The van der Waals surface area contributed by atoms with E-state index in [0.717, 1.165) is 0 Å². The van der Waals surface area contributed by atoms with Crippen molar-refractivity contribution in [3.8, 4) is 11.8 Å². The molecule has 1 fully saturated rings. The molecule has 3 rings (SSSR count). The van der Waals surface area contributed by atoms with Crippen LogP contribution in [0.5, 0.6) is 0 Å². The lowest BCUT2D eigenvalue weighted by molar-refractivity contribution is -0.120. The second-order valence-corrected chi connectivity index (χ2v) is 7.70. The Morgan fingerprint density at radius 2 is 2.13 bits per heavy atom. The zero-order valence-electron chi connectivity index (χ0n) is 16.3. The van der Waals surface area contributed by atoms with Gasteiger partial charge in [-0.25, -0.2) is 15.0 Å². The van der Waals surface area contributed by atoms with E-state index in [1.54, 1.807) is 4.57 Å². The Labute approximate surface area is 177 Å². The van der Waals surface area contributed by atoms with E-state index in [1.807, 2.05) is 0 Å². The summed E-state index contributed by atoms with van der Waals surface area (Å²) in [5, 5.41) is 23.5. The highest BCUT2D eigenvalue weighted by molar-refractivity contribution is 7.99. The van der Waals surface area contributed by atoms with E-state index in [4.69, 9.17) is 16.2 Å². The number of carbonyl (C=O) groups is 1. The Kier molecular flexibility index (Phi) is 7.83. The molecule has 0 aliphatic carbocycles. The summed E-state index contributed by atoms with van der Waals surface area (Å²) < 4.78 is 7.40. The van der Waals surface area contributed by atoms with Crippen molar-refractivity contribution >= 4 is 34.7 Å². The van der Waals surface area contributed by atoms with Crippen LogP contribution in [0.1, 0.15) is 19.1 Å². The molecule has 0 aromatic carbocycles. The molecule has 4 atom stereocenters. The van der Waals surface area contributed by atoms with Crippen molar-refractivity contribution in [3.63, 3.8) is 0 Å². The minimum absolute atomic E-state index is 0.0658. The number of nitrogen functional groups attached to an aromatic ring is 1. The number of rotatable bonds is 8. The van der Waals surface area contributed by atoms with E-state index >= 15 is 0 Å². The molecule has 0 radical (unpaired) electrons. The molecule has 7 N–H and O–H groups in total. The maximum absolute atomic E-state index is 11.4. The number of imidazole rings is 1. The number of thioether (sulfide) groups is 1. The number of fused-ring (bicyclic) bond motifs is 1. The molecule has 11 nitrogen and oxygen atoms in total. The third-order valence-corrected chi connectivity index (χ3v) is 5.47. The summed E-state index contributed by atoms with van der Waals surface area (Å²) in [6, 6.07) is 0. The van der Waals surface area contributed by atoms with Crippen LogP contribution >= 0.6 is 11.8 Å². The van der Waals surface area contributed by atoms with Crippen molar-refractivity contribution in [1.29, 1.82) is 0 Å². The highest BCUT2D eigenvalue weighted by Gasteiger charge is 2.44. The topological polar surface area (TPSA) is 174 Å². The molecule has 0 unspecified atom stereocenters. The minimum atomic E-state index is -1.14. The van der Waals surface area contributed by atoms with Crippen LogP contribution in [-0.2, 0) is 9.53 Å². The number of hydrogen-bond acceptors (Lipinski definition) is 10. The first-order chi connectivity index (χ1) is 14.5. The van der Waals surface area contributed by atoms with Gasteiger partial charge in [0.05, 0.1) is 24.7 Å². The quantitative estimate of drug-likeness (QED) is 0.245. The Balaban J connectivity index is 1.48. The normalized spacial score (nSPS) is 23.3. The van der Waals surface area contributed by atoms with Crippen molar-refractivity contribution in [2.75, 3.05) is 30.3 Å². The van der Waals surface area contributed by atoms with Crippen molar-refractivity contribution in [2.24, 2.45) is 5.73 Å². The third kappa shape index (κ3) is 5.18. The van der Waals surface area contributed by atoms with E-state index in [1.165, 1.54) is 24.4 Å². The largest absolute Gasteiger partial charge is 0.387 e. The van der Waals surface area contributed by atoms with Crippen molar-refractivity contribution < 1.29 is 19.7 Å².